The Morgan fingerprint density at radius 3 is 1.27 bits per heavy atom. The summed E-state index contributed by atoms with van der Waals surface area (Å²) in [6, 6.07) is 28.0. The lowest BCUT2D eigenvalue weighted by Crippen LogP contribution is -2.51. The van der Waals surface area contributed by atoms with Crippen LogP contribution < -0.4 is 5.32 Å². The molecule has 6 fully saturated rings. The van der Waals surface area contributed by atoms with Gasteiger partial charge in [-0.25, -0.2) is 38.6 Å². The van der Waals surface area contributed by atoms with Crippen LogP contribution in [0.2, 0.25) is 0 Å². The number of nitrogens with one attached hydrogen (secondary N) is 1. The molecule has 7 unspecified atom stereocenters. The maximum Gasteiger partial charge on any atom is 0.416 e. The Kier molecular flexibility index (Phi) is 29.9. The highest BCUT2D eigenvalue weighted by molar-refractivity contribution is 5.95. The monoisotopic (exact) mass is 1400 g/mol. The number of carbonyl (C=O) groups excluding carboxylic acids is 8. The molecule has 9 rings (SSSR count). The highest BCUT2D eigenvalue weighted by Crippen LogP contribution is 2.37. The third-order valence-electron chi connectivity index (χ3n) is 16.5. The van der Waals surface area contributed by atoms with Crippen LogP contribution in [0.4, 0.5) is 28.8 Å². The van der Waals surface area contributed by atoms with Gasteiger partial charge in [-0.05, 0) is 172 Å². The SMILES string of the molecule is C=CC.CC(C)(C)OC(=O)N1C(CCC(=O)N2C(=O)OCC2Cc2ccccc2)COC1(C)C.CC(C)(C)OC(=O)N1C(CCC(=O)O)COC1(C)C.CCCC(CC1COC(C)(C)N1C(=O)OC(C)(C)C)C(=O)N1C(=O)OCC1Cc1ccccc1.O=C1NC(Cc2ccccc2)CO1. The fourth-order valence-corrected chi connectivity index (χ4v) is 12.2. The summed E-state index contributed by atoms with van der Waals surface area (Å²) in [5, 5.41) is 11.5. The van der Waals surface area contributed by atoms with E-state index < -0.39 is 76.3 Å². The summed E-state index contributed by atoms with van der Waals surface area (Å²) in [5.41, 5.74) is -1.04. The number of carbonyl (C=O) groups is 9. The first-order valence-electron chi connectivity index (χ1n) is 34.5. The number of rotatable bonds is 17. The predicted octanol–water partition coefficient (Wildman–Crippen LogP) is 13.2. The quantitative estimate of drug-likeness (QED) is 0.0938. The van der Waals surface area contributed by atoms with E-state index >= 15 is 0 Å². The third kappa shape index (κ3) is 25.4. The molecule has 8 amide bonds. The summed E-state index contributed by atoms with van der Waals surface area (Å²) in [4.78, 5) is 118. The number of alkyl carbamates (subject to hydrolysis) is 1. The normalized spacial score (nSPS) is 22.1. The van der Waals surface area contributed by atoms with Crippen molar-refractivity contribution in [2.75, 3.05) is 39.6 Å². The molecule has 0 aromatic heterocycles. The average Bonchev–Trinajstić information content (AvgIpc) is 1.64. The number of hydrogen-bond donors (Lipinski definition) is 2. The minimum atomic E-state index is -0.881. The van der Waals surface area contributed by atoms with Gasteiger partial charge in [0, 0.05) is 18.8 Å². The molecule has 0 aliphatic carbocycles. The number of ether oxygens (including phenoxy) is 9. The Bertz CT molecular complexity index is 3200. The van der Waals surface area contributed by atoms with Crippen molar-refractivity contribution in [3.63, 3.8) is 0 Å². The van der Waals surface area contributed by atoms with Gasteiger partial charge < -0.3 is 53.1 Å². The number of aliphatic carboxylic acids is 1. The standard InChI is InChI=1S/C26H38N2O6.C23H32N2O6.C13H23NO5.C10H11NO2.C3H6/c1-7-11-19(15-21-17-33-26(5,6)28(21)24(31)34-25(2,3)4)22(29)27-20(16-32-23(27)30)14-18-12-9-8-10-13-18;1-22(2,3)31-21(28)25-17(15-30-23(25,4)5)11-12-19(26)24-18(14-29-20(24)27)13-16-9-7-6-8-10-16;1-12(2,3)19-11(17)14-9(6-7-10(15)16)8-18-13(14,4)5;12-10-11-9(7-13-10)6-8-4-2-1-3-5-8;1-3-2/h8-10,12-13,19-21H,7,11,14-17H2,1-6H3;6-10,17-18H,11-15H2,1-5H3;9H,6-8H2,1-5H3,(H,15,16);1-5,9H,6-7H2,(H,11,12);3H,1H2,2H3. The number of hydrogen-bond acceptors (Lipinski definition) is 18. The van der Waals surface area contributed by atoms with Crippen LogP contribution in [-0.2, 0) is 76.3 Å². The lowest BCUT2D eigenvalue weighted by molar-refractivity contribution is -0.137. The zero-order chi connectivity index (χ0) is 74.6. The van der Waals surface area contributed by atoms with E-state index in [1.165, 1.54) is 20.3 Å². The molecule has 7 atom stereocenters. The Labute approximate surface area is 590 Å². The molecule has 3 aromatic carbocycles. The van der Waals surface area contributed by atoms with E-state index in [0.29, 0.717) is 65.0 Å². The van der Waals surface area contributed by atoms with Gasteiger partial charge in [-0.1, -0.05) is 110 Å². The molecule has 3 aromatic rings. The van der Waals surface area contributed by atoms with Gasteiger partial charge in [-0.2, -0.15) is 0 Å². The van der Waals surface area contributed by atoms with Gasteiger partial charge >= 0.3 is 42.5 Å². The van der Waals surface area contributed by atoms with Gasteiger partial charge in [0.1, 0.15) is 53.8 Å². The first-order chi connectivity index (χ1) is 46.7. The maximum atomic E-state index is 13.7. The average molecular weight is 1400 g/mol. The van der Waals surface area contributed by atoms with Crippen LogP contribution in [0, 0.1) is 5.92 Å². The molecule has 2 N–H and O–H groups in total. The lowest BCUT2D eigenvalue weighted by atomic mass is 9.92. The van der Waals surface area contributed by atoms with E-state index in [0.717, 1.165) is 24.0 Å². The van der Waals surface area contributed by atoms with Crippen molar-refractivity contribution in [3.05, 3.63) is 120 Å². The molecule has 25 heteroatoms. The van der Waals surface area contributed by atoms with Crippen LogP contribution in [0.3, 0.4) is 0 Å². The van der Waals surface area contributed by atoms with Crippen LogP contribution in [0.15, 0.2) is 104 Å². The van der Waals surface area contributed by atoms with Gasteiger partial charge in [-0.3, -0.25) is 29.1 Å². The zero-order valence-corrected chi connectivity index (χ0v) is 61.8. The number of allylic oxidation sites excluding steroid dienone is 1. The van der Waals surface area contributed by atoms with E-state index in [9.17, 15) is 43.2 Å². The van der Waals surface area contributed by atoms with Crippen LogP contribution in [0.25, 0.3) is 0 Å². The van der Waals surface area contributed by atoms with Crippen LogP contribution in [-0.4, -0.2) is 194 Å². The number of benzene rings is 3. The number of cyclic esters (lactones) is 3. The fourth-order valence-electron chi connectivity index (χ4n) is 12.2. The number of imide groups is 2. The molecule has 0 saturated carbocycles. The molecule has 554 valence electrons. The molecule has 0 radical (unpaired) electrons. The highest BCUT2D eigenvalue weighted by Gasteiger charge is 2.50. The minimum Gasteiger partial charge on any atom is -0.481 e. The summed E-state index contributed by atoms with van der Waals surface area (Å²) >= 11 is 0. The number of amides is 8. The number of carboxylic acid groups (broad SMARTS) is 1. The van der Waals surface area contributed by atoms with E-state index in [1.54, 1.807) is 85.1 Å². The second-order valence-electron chi connectivity index (χ2n) is 29.8. The second-order valence-corrected chi connectivity index (χ2v) is 29.8. The van der Waals surface area contributed by atoms with Crippen molar-refractivity contribution in [1.82, 2.24) is 29.8 Å². The topological polar surface area (TPSA) is 285 Å². The van der Waals surface area contributed by atoms with E-state index in [4.69, 9.17) is 47.7 Å². The molecule has 6 aliphatic rings. The van der Waals surface area contributed by atoms with E-state index in [-0.39, 0.29) is 80.2 Å². The molecule has 25 nitrogen and oxygen atoms in total. The molecule has 6 aliphatic heterocycles. The number of nitrogens with zero attached hydrogens (tertiary/aromatic N) is 5. The second kappa shape index (κ2) is 36.4. The van der Waals surface area contributed by atoms with Gasteiger partial charge in [-0.15, -0.1) is 6.58 Å². The van der Waals surface area contributed by atoms with Crippen molar-refractivity contribution >= 4 is 54.3 Å². The van der Waals surface area contributed by atoms with E-state index in [1.807, 2.05) is 139 Å². The molecule has 0 bridgehead atoms. The van der Waals surface area contributed by atoms with Crippen molar-refractivity contribution in [1.29, 1.82) is 0 Å². The lowest BCUT2D eigenvalue weighted by Gasteiger charge is -2.36. The van der Waals surface area contributed by atoms with Crippen LogP contribution >= 0.6 is 0 Å². The Morgan fingerprint density at radius 1 is 0.540 bits per heavy atom. The molecular formula is C75H110N6O19. The fraction of sp³-hybridized carbons (Fsp3) is 0.613. The van der Waals surface area contributed by atoms with Gasteiger partial charge in [0.2, 0.25) is 11.8 Å². The summed E-state index contributed by atoms with van der Waals surface area (Å²) < 4.78 is 49.0. The molecular weight excluding hydrogens is 1290 g/mol. The summed E-state index contributed by atoms with van der Waals surface area (Å²) in [7, 11) is 0. The minimum absolute atomic E-state index is 0.00338. The smallest absolute Gasteiger partial charge is 0.416 e. The predicted molar refractivity (Wildman–Crippen MR) is 373 cm³/mol. The highest BCUT2D eigenvalue weighted by atomic mass is 16.6. The van der Waals surface area contributed by atoms with Crippen LogP contribution in [0.5, 0.6) is 0 Å². The van der Waals surface area contributed by atoms with Crippen molar-refractivity contribution < 1.29 is 90.9 Å². The Balaban J connectivity index is 0.000000250. The largest absolute Gasteiger partial charge is 0.481 e. The van der Waals surface area contributed by atoms with Gasteiger partial charge in [0.15, 0.2) is 0 Å². The first-order valence-corrected chi connectivity index (χ1v) is 34.5. The van der Waals surface area contributed by atoms with Crippen molar-refractivity contribution in [2.45, 2.75) is 252 Å². The van der Waals surface area contributed by atoms with Gasteiger partial charge in [0.05, 0.1) is 56.1 Å². The van der Waals surface area contributed by atoms with Crippen molar-refractivity contribution in [3.8, 4) is 0 Å². The van der Waals surface area contributed by atoms with Crippen LogP contribution in [0.1, 0.15) is 179 Å². The maximum absolute atomic E-state index is 13.7. The molecule has 100 heavy (non-hydrogen) atoms. The molecule has 0 spiro atoms. The molecule has 6 saturated heterocycles. The Hall–Kier alpha value is -8.29. The first kappa shape index (κ1) is 82.4. The summed E-state index contributed by atoms with van der Waals surface area (Å²) in [6.45, 7) is 36.1. The zero-order valence-electron chi connectivity index (χ0n) is 61.8. The summed E-state index contributed by atoms with van der Waals surface area (Å²) in [6.07, 6.45) is 3.33. The van der Waals surface area contributed by atoms with Crippen molar-refractivity contribution in [2.24, 2.45) is 5.92 Å². The van der Waals surface area contributed by atoms with E-state index in [2.05, 4.69) is 11.9 Å². The Morgan fingerprint density at radius 2 is 0.900 bits per heavy atom. The third-order valence-corrected chi connectivity index (χ3v) is 16.5. The molecule has 6 heterocycles. The van der Waals surface area contributed by atoms with Gasteiger partial charge in [0.25, 0.3) is 0 Å². The number of carboxylic acids is 1. The summed E-state index contributed by atoms with van der Waals surface area (Å²) in [5.74, 6) is -1.88.